The molecular weight excluding hydrogens is 374 g/mol. The Morgan fingerprint density at radius 2 is 1.37 bits per heavy atom. The highest BCUT2D eigenvalue weighted by Gasteiger charge is 2.35. The summed E-state index contributed by atoms with van der Waals surface area (Å²) in [5, 5.41) is 0. The highest BCUT2D eigenvalue weighted by Crippen LogP contribution is 2.27. The number of ketones is 1. The molecule has 30 heavy (non-hydrogen) atoms. The molecular formula is C26H49NO3. The minimum Gasteiger partial charge on any atom is -0.374 e. The molecule has 0 aromatic carbocycles. The molecule has 176 valence electrons. The number of hydrogen-bond acceptors (Lipinski definition) is 3. The second-order valence-electron chi connectivity index (χ2n) is 10.3. The molecule has 1 rings (SSSR count). The van der Waals surface area contributed by atoms with Gasteiger partial charge in [-0.3, -0.25) is 9.59 Å². The van der Waals surface area contributed by atoms with Crippen molar-refractivity contribution in [2.45, 2.75) is 137 Å². The minimum absolute atomic E-state index is 0.183. The first-order chi connectivity index (χ1) is 14.2. The van der Waals surface area contributed by atoms with Gasteiger partial charge in [0.2, 0.25) is 5.91 Å². The van der Waals surface area contributed by atoms with Crippen molar-refractivity contribution in [1.82, 2.24) is 4.90 Å². The molecule has 0 saturated carbocycles. The van der Waals surface area contributed by atoms with Crippen molar-refractivity contribution < 1.29 is 14.3 Å². The highest BCUT2D eigenvalue weighted by atomic mass is 16.5. The predicted molar refractivity (Wildman–Crippen MR) is 126 cm³/mol. The van der Waals surface area contributed by atoms with Crippen molar-refractivity contribution in [3.8, 4) is 0 Å². The lowest BCUT2D eigenvalue weighted by Crippen LogP contribution is -2.36. The summed E-state index contributed by atoms with van der Waals surface area (Å²) in [6.07, 6.45) is 13.2. The normalized spacial score (nSPS) is 19.4. The number of hydrogen-bond donors (Lipinski definition) is 0. The van der Waals surface area contributed by atoms with Crippen molar-refractivity contribution in [3.63, 3.8) is 0 Å². The van der Waals surface area contributed by atoms with Crippen molar-refractivity contribution in [1.29, 1.82) is 0 Å². The molecule has 0 aromatic rings. The number of likely N-dealkylation sites (tertiary alicyclic amines) is 1. The molecule has 0 aliphatic carbocycles. The van der Waals surface area contributed by atoms with Crippen LogP contribution in [0.2, 0.25) is 0 Å². The van der Waals surface area contributed by atoms with Gasteiger partial charge >= 0.3 is 0 Å². The standard InChI is InChI=1S/C26H49NO3/c1-20(2)17-23-18-24(30-22(5)6)19-27(23)26(29)16-14-12-10-8-7-9-11-13-15-25(28)21(3)4/h20-24H,7-19H2,1-6H3/t23-,24-/m1/s1. The first-order valence-electron chi connectivity index (χ1n) is 12.7. The fourth-order valence-electron chi connectivity index (χ4n) is 4.50. The van der Waals surface area contributed by atoms with Crippen LogP contribution in [0.3, 0.4) is 0 Å². The number of unbranched alkanes of at least 4 members (excludes halogenated alkanes) is 7. The molecule has 0 spiro atoms. The fourth-order valence-corrected chi connectivity index (χ4v) is 4.50. The maximum absolute atomic E-state index is 12.8. The minimum atomic E-state index is 0.183. The van der Waals surface area contributed by atoms with E-state index in [0.29, 0.717) is 30.1 Å². The summed E-state index contributed by atoms with van der Waals surface area (Å²) in [5.74, 6) is 1.51. The second kappa shape index (κ2) is 15.0. The summed E-state index contributed by atoms with van der Waals surface area (Å²) in [6.45, 7) is 13.4. The molecule has 1 aliphatic rings. The predicted octanol–water partition coefficient (Wildman–Crippen LogP) is 6.55. The van der Waals surface area contributed by atoms with Gasteiger partial charge in [-0.15, -0.1) is 0 Å². The van der Waals surface area contributed by atoms with E-state index in [0.717, 1.165) is 45.1 Å². The van der Waals surface area contributed by atoms with Gasteiger partial charge in [0.1, 0.15) is 5.78 Å². The third-order valence-corrected chi connectivity index (χ3v) is 6.11. The summed E-state index contributed by atoms with van der Waals surface area (Å²) in [5.41, 5.74) is 0. The molecule has 4 heteroatoms. The van der Waals surface area contributed by atoms with E-state index in [1.165, 1.54) is 32.1 Å². The van der Waals surface area contributed by atoms with Crippen LogP contribution in [0.1, 0.15) is 119 Å². The van der Waals surface area contributed by atoms with E-state index in [9.17, 15) is 9.59 Å². The lowest BCUT2D eigenvalue weighted by atomic mass is 10.0. The zero-order valence-corrected chi connectivity index (χ0v) is 20.8. The smallest absolute Gasteiger partial charge is 0.222 e. The molecule has 0 bridgehead atoms. The summed E-state index contributed by atoms with van der Waals surface area (Å²) in [4.78, 5) is 26.5. The van der Waals surface area contributed by atoms with Gasteiger partial charge in [-0.2, -0.15) is 0 Å². The first kappa shape index (κ1) is 27.1. The Kier molecular flexibility index (Phi) is 13.6. The van der Waals surface area contributed by atoms with Crippen LogP contribution in [0.25, 0.3) is 0 Å². The van der Waals surface area contributed by atoms with E-state index >= 15 is 0 Å². The van der Waals surface area contributed by atoms with Crippen LogP contribution < -0.4 is 0 Å². The van der Waals surface area contributed by atoms with Crippen molar-refractivity contribution >= 4 is 11.7 Å². The Labute approximate surface area is 186 Å². The number of nitrogens with zero attached hydrogens (tertiary/aromatic N) is 1. The second-order valence-corrected chi connectivity index (χ2v) is 10.3. The molecule has 1 heterocycles. The van der Waals surface area contributed by atoms with Crippen LogP contribution in [0, 0.1) is 11.8 Å². The number of carbonyl (C=O) groups is 2. The molecule has 1 aliphatic heterocycles. The SMILES string of the molecule is CC(C)C[C@@H]1C[C@@H](OC(C)C)CN1C(=O)CCCCCCCCCCC(=O)C(C)C. The number of ether oxygens (including phenoxy) is 1. The van der Waals surface area contributed by atoms with Crippen LogP contribution in [-0.4, -0.2) is 41.4 Å². The Balaban J connectivity index is 2.15. The van der Waals surface area contributed by atoms with Crippen LogP contribution in [0.15, 0.2) is 0 Å². The monoisotopic (exact) mass is 423 g/mol. The average Bonchev–Trinajstić information content (AvgIpc) is 3.03. The largest absolute Gasteiger partial charge is 0.374 e. The molecule has 1 fully saturated rings. The number of amides is 1. The maximum Gasteiger partial charge on any atom is 0.222 e. The number of carbonyl (C=O) groups excluding carboxylic acids is 2. The van der Waals surface area contributed by atoms with Crippen LogP contribution in [0.4, 0.5) is 0 Å². The van der Waals surface area contributed by atoms with Crippen LogP contribution in [0.5, 0.6) is 0 Å². The Hall–Kier alpha value is -0.900. The third kappa shape index (κ3) is 11.5. The average molecular weight is 424 g/mol. The summed E-state index contributed by atoms with van der Waals surface area (Å²) < 4.78 is 6.01. The zero-order valence-electron chi connectivity index (χ0n) is 20.8. The lowest BCUT2D eigenvalue weighted by molar-refractivity contribution is -0.133. The summed E-state index contributed by atoms with van der Waals surface area (Å²) >= 11 is 0. The number of rotatable bonds is 16. The molecule has 2 atom stereocenters. The zero-order chi connectivity index (χ0) is 22.5. The molecule has 0 radical (unpaired) electrons. The van der Waals surface area contributed by atoms with Gasteiger partial charge in [0.05, 0.1) is 12.2 Å². The Morgan fingerprint density at radius 3 is 1.87 bits per heavy atom. The van der Waals surface area contributed by atoms with E-state index in [2.05, 4.69) is 32.6 Å². The van der Waals surface area contributed by atoms with Gasteiger partial charge in [0, 0.05) is 31.3 Å². The van der Waals surface area contributed by atoms with E-state index in [1.807, 2.05) is 13.8 Å². The number of Topliss-reactive ketones (excluding diaryl/α,β-unsaturated/α-hetero) is 1. The Bertz CT molecular complexity index is 487. The van der Waals surface area contributed by atoms with E-state index < -0.39 is 0 Å². The van der Waals surface area contributed by atoms with Crippen LogP contribution in [-0.2, 0) is 14.3 Å². The molecule has 0 aromatic heterocycles. The first-order valence-corrected chi connectivity index (χ1v) is 12.7. The van der Waals surface area contributed by atoms with Gasteiger partial charge in [-0.05, 0) is 45.4 Å². The van der Waals surface area contributed by atoms with E-state index in [4.69, 9.17) is 4.74 Å². The van der Waals surface area contributed by atoms with Gasteiger partial charge in [-0.25, -0.2) is 0 Å². The van der Waals surface area contributed by atoms with E-state index in [-0.39, 0.29) is 18.1 Å². The van der Waals surface area contributed by atoms with Crippen molar-refractivity contribution in [3.05, 3.63) is 0 Å². The molecule has 4 nitrogen and oxygen atoms in total. The fraction of sp³-hybridized carbons (Fsp3) is 0.923. The van der Waals surface area contributed by atoms with Crippen molar-refractivity contribution in [2.24, 2.45) is 11.8 Å². The van der Waals surface area contributed by atoms with Gasteiger partial charge in [-0.1, -0.05) is 66.2 Å². The van der Waals surface area contributed by atoms with Crippen molar-refractivity contribution in [2.75, 3.05) is 6.54 Å². The van der Waals surface area contributed by atoms with Gasteiger partial charge in [0.15, 0.2) is 0 Å². The molecule has 0 unspecified atom stereocenters. The van der Waals surface area contributed by atoms with E-state index in [1.54, 1.807) is 0 Å². The van der Waals surface area contributed by atoms with Crippen LogP contribution >= 0.6 is 0 Å². The van der Waals surface area contributed by atoms with Gasteiger partial charge < -0.3 is 9.64 Å². The molecule has 1 saturated heterocycles. The maximum atomic E-state index is 12.8. The summed E-state index contributed by atoms with van der Waals surface area (Å²) in [6, 6.07) is 0.351. The third-order valence-electron chi connectivity index (χ3n) is 6.11. The molecule has 1 amide bonds. The van der Waals surface area contributed by atoms with Gasteiger partial charge in [0.25, 0.3) is 0 Å². The lowest BCUT2D eigenvalue weighted by Gasteiger charge is -2.26. The Morgan fingerprint density at radius 1 is 0.833 bits per heavy atom. The summed E-state index contributed by atoms with van der Waals surface area (Å²) in [7, 11) is 0. The highest BCUT2D eigenvalue weighted by molar-refractivity contribution is 5.80. The quantitative estimate of drug-likeness (QED) is 0.264. The topological polar surface area (TPSA) is 46.6 Å². The molecule has 0 N–H and O–H groups in total.